The van der Waals surface area contributed by atoms with Crippen molar-refractivity contribution in [1.29, 1.82) is 0 Å². The van der Waals surface area contributed by atoms with E-state index in [1.165, 1.54) is 0 Å². The number of aromatic nitrogens is 2. The van der Waals surface area contributed by atoms with E-state index in [0.29, 0.717) is 46.0 Å². The summed E-state index contributed by atoms with van der Waals surface area (Å²) in [4.78, 5) is 26.9. The number of halogens is 4. The van der Waals surface area contributed by atoms with Crippen LogP contribution in [0.3, 0.4) is 0 Å². The Morgan fingerprint density at radius 2 is 1.40 bits per heavy atom. The second-order valence-electron chi connectivity index (χ2n) is 11.0. The maximum absolute atomic E-state index is 11.4. The number of carbonyl (C=O) groups is 2. The van der Waals surface area contributed by atoms with Crippen molar-refractivity contribution in [3.8, 4) is 0 Å². The highest BCUT2D eigenvalue weighted by Gasteiger charge is 2.32. The number of carbonyl (C=O) groups excluding carboxylic acids is 1. The molecule has 0 atom stereocenters. The number of aliphatic carboxylic acids is 2. The third kappa shape index (κ3) is 8.28. The number of imidazole rings is 1. The summed E-state index contributed by atoms with van der Waals surface area (Å²) in [7, 11) is 0. The average molecular weight is 697 g/mol. The molecule has 2 aromatic carbocycles. The average Bonchev–Trinajstić information content (AvgIpc) is 3.41. The number of hydrogen-bond donors (Lipinski definition) is 1. The van der Waals surface area contributed by atoms with Crippen molar-refractivity contribution >= 4 is 86.8 Å². The van der Waals surface area contributed by atoms with Gasteiger partial charge in [0.1, 0.15) is 5.82 Å². The molecule has 12 heteroatoms. The highest BCUT2D eigenvalue weighted by atomic mass is 35.5. The second kappa shape index (κ2) is 16.1. The summed E-state index contributed by atoms with van der Waals surface area (Å²) < 4.78 is 4.27. The van der Waals surface area contributed by atoms with E-state index < -0.39 is 11.9 Å². The zero-order valence-electron chi connectivity index (χ0n) is 25.5. The third-order valence-electron chi connectivity index (χ3n) is 7.80. The number of carboxylic acid groups (broad SMARTS) is 2. The van der Waals surface area contributed by atoms with Gasteiger partial charge in [0.25, 0.3) is 5.82 Å². The van der Waals surface area contributed by atoms with E-state index in [1.54, 1.807) is 0 Å². The molecule has 0 amide bonds. The Hall–Kier alpha value is -2.91. The summed E-state index contributed by atoms with van der Waals surface area (Å²) in [6.07, 6.45) is 10.7. The van der Waals surface area contributed by atoms with Gasteiger partial charge in [0.15, 0.2) is 11.0 Å². The molecule has 3 aromatic rings. The van der Waals surface area contributed by atoms with Gasteiger partial charge in [-0.2, -0.15) is 0 Å². The summed E-state index contributed by atoms with van der Waals surface area (Å²) in [5.74, 6) is -0.167. The predicted octanol–water partition coefficient (Wildman–Crippen LogP) is 7.72. The van der Waals surface area contributed by atoms with Crippen LogP contribution in [0.25, 0.3) is 17.1 Å². The molecule has 4 rings (SSSR count). The number of aryl methyl sites for hydroxylation is 2. The Kier molecular flexibility index (Phi) is 12.5. The topological polar surface area (TPSA) is 92.7 Å². The fraction of sp³-hybridized carbons (Fsp3) is 0.424. The number of hydrogen-bond acceptors (Lipinski definition) is 5. The number of rotatable bonds is 16. The fourth-order valence-electron chi connectivity index (χ4n) is 5.62. The van der Waals surface area contributed by atoms with Crippen LogP contribution in [0.4, 0.5) is 11.4 Å². The lowest BCUT2D eigenvalue weighted by Crippen LogP contribution is -2.37. The van der Waals surface area contributed by atoms with E-state index in [4.69, 9.17) is 46.4 Å². The van der Waals surface area contributed by atoms with Gasteiger partial charge in [-0.25, -0.2) is 9.13 Å². The normalized spacial score (nSPS) is 14.0. The van der Waals surface area contributed by atoms with Crippen molar-refractivity contribution in [3.05, 3.63) is 68.2 Å². The fourth-order valence-corrected chi connectivity index (χ4v) is 6.26. The van der Waals surface area contributed by atoms with Crippen molar-refractivity contribution in [1.82, 2.24) is 4.57 Å². The van der Waals surface area contributed by atoms with Crippen molar-refractivity contribution in [2.75, 3.05) is 22.9 Å². The predicted molar refractivity (Wildman–Crippen MR) is 181 cm³/mol. The highest BCUT2D eigenvalue weighted by Crippen LogP contribution is 2.46. The standard InChI is InChI=1S/C33H38Cl4N4O4/c1-3-5-14-38-26-18-22(34)24(36)20-28(26)40(16-8-12-32(42)43)30(38)10-7-11-31-39(15-6-4-2)27-19-23(35)25(37)21-29(27)41(31)17-9-13-33(44)45/h7,10-11,18-21H,3-6,8-9,12-17H2,1-2H3,(H-,42,43,44,45). The van der Waals surface area contributed by atoms with E-state index >= 15 is 0 Å². The van der Waals surface area contributed by atoms with Crippen LogP contribution in [0.2, 0.25) is 20.1 Å². The van der Waals surface area contributed by atoms with Gasteiger partial charge in [0.05, 0.1) is 44.6 Å². The summed E-state index contributed by atoms with van der Waals surface area (Å²) in [6.45, 7) is 6.67. The summed E-state index contributed by atoms with van der Waals surface area (Å²) in [5.41, 5.74) is 3.58. The van der Waals surface area contributed by atoms with Gasteiger partial charge >= 0.3 is 5.97 Å². The van der Waals surface area contributed by atoms with E-state index in [1.807, 2.05) is 42.5 Å². The van der Waals surface area contributed by atoms with Gasteiger partial charge in [0.2, 0.25) is 0 Å². The molecule has 242 valence electrons. The number of carboxylic acids is 2. The van der Waals surface area contributed by atoms with Gasteiger partial charge in [-0.3, -0.25) is 4.79 Å². The van der Waals surface area contributed by atoms with Crippen LogP contribution in [-0.2, 0) is 22.7 Å². The van der Waals surface area contributed by atoms with Gasteiger partial charge in [-0.15, -0.1) is 0 Å². The molecule has 1 aliphatic rings. The van der Waals surface area contributed by atoms with E-state index in [9.17, 15) is 19.8 Å². The Morgan fingerprint density at radius 1 is 0.822 bits per heavy atom. The zero-order chi connectivity index (χ0) is 32.7. The van der Waals surface area contributed by atoms with Crippen LogP contribution in [0.5, 0.6) is 0 Å². The number of nitrogens with zero attached hydrogens (tertiary/aromatic N) is 4. The van der Waals surface area contributed by atoms with Crippen LogP contribution in [-0.4, -0.2) is 34.7 Å². The summed E-state index contributed by atoms with van der Waals surface area (Å²) >= 11 is 25.8. The van der Waals surface area contributed by atoms with Crippen molar-refractivity contribution in [2.45, 2.75) is 78.3 Å². The first-order valence-electron chi connectivity index (χ1n) is 15.3. The molecule has 8 nitrogen and oxygen atoms in total. The number of allylic oxidation sites excluding steroid dienone is 2. The van der Waals surface area contributed by atoms with Crippen LogP contribution in [0.1, 0.15) is 71.0 Å². The molecule has 0 saturated carbocycles. The number of unbranched alkanes of at least 4 members (excludes halogenated alkanes) is 2. The Morgan fingerprint density at radius 3 is 2.00 bits per heavy atom. The van der Waals surface area contributed by atoms with Gasteiger partial charge in [0, 0.05) is 43.7 Å². The maximum Gasteiger partial charge on any atom is 0.303 e. The van der Waals surface area contributed by atoms with Crippen LogP contribution in [0.15, 0.2) is 42.2 Å². The van der Waals surface area contributed by atoms with Crippen LogP contribution >= 0.6 is 46.4 Å². The monoisotopic (exact) mass is 694 g/mol. The molecule has 0 radical (unpaired) electrons. The molecule has 45 heavy (non-hydrogen) atoms. The SMILES string of the molecule is CCCCN1/C(=C\C=C\c2n(CCCC)c3cc(Cl)c(Cl)cc3[n+]2CCCC(=O)[O-])N(CCCC(=O)O)c2cc(Cl)c(Cl)cc21. The zero-order valence-corrected chi connectivity index (χ0v) is 28.5. The molecule has 0 unspecified atom stereocenters. The molecule has 1 aromatic heterocycles. The Balaban J connectivity index is 1.84. The highest BCUT2D eigenvalue weighted by molar-refractivity contribution is 6.43. The van der Waals surface area contributed by atoms with Crippen molar-refractivity contribution < 1.29 is 24.4 Å². The Labute approximate surface area is 284 Å². The quantitative estimate of drug-likeness (QED) is 0.154. The largest absolute Gasteiger partial charge is 0.550 e. The minimum atomic E-state index is -1.09. The lowest BCUT2D eigenvalue weighted by atomic mass is 10.2. The molecule has 0 aliphatic carbocycles. The first kappa shape index (κ1) is 35.0. The van der Waals surface area contributed by atoms with E-state index in [-0.39, 0.29) is 12.8 Å². The van der Waals surface area contributed by atoms with Crippen molar-refractivity contribution in [2.24, 2.45) is 0 Å². The molecule has 0 saturated heterocycles. The van der Waals surface area contributed by atoms with E-state index in [2.05, 4.69) is 32.8 Å². The molecular weight excluding hydrogens is 658 g/mol. The first-order chi connectivity index (χ1) is 21.6. The maximum atomic E-state index is 11.4. The number of fused-ring (bicyclic) bond motifs is 2. The first-order valence-corrected chi connectivity index (χ1v) is 16.8. The lowest BCUT2D eigenvalue weighted by molar-refractivity contribution is -0.674. The number of anilines is 2. The molecule has 0 bridgehead atoms. The van der Waals surface area contributed by atoms with Crippen LogP contribution < -0.4 is 19.5 Å². The lowest BCUT2D eigenvalue weighted by Gasteiger charge is -2.25. The van der Waals surface area contributed by atoms with Gasteiger partial charge < -0.3 is 24.8 Å². The third-order valence-corrected chi connectivity index (χ3v) is 9.24. The molecule has 1 aliphatic heterocycles. The molecule has 0 fully saturated rings. The minimum absolute atomic E-state index is 0.0414. The summed E-state index contributed by atoms with van der Waals surface area (Å²) in [6, 6.07) is 7.39. The van der Waals surface area contributed by atoms with Crippen LogP contribution in [0, 0.1) is 0 Å². The van der Waals surface area contributed by atoms with Gasteiger partial charge in [-0.1, -0.05) is 79.2 Å². The molecule has 0 spiro atoms. The minimum Gasteiger partial charge on any atom is -0.550 e. The van der Waals surface area contributed by atoms with Crippen molar-refractivity contribution in [3.63, 3.8) is 0 Å². The Bertz CT molecular complexity index is 1620. The second-order valence-corrected chi connectivity index (χ2v) is 12.7. The molecular formula is C33H38Cl4N4O4. The summed E-state index contributed by atoms with van der Waals surface area (Å²) in [5, 5.41) is 22.3. The molecule has 2 heterocycles. The van der Waals surface area contributed by atoms with Gasteiger partial charge in [-0.05, 0) is 50.3 Å². The molecule has 1 N–H and O–H groups in total. The number of benzene rings is 2. The van der Waals surface area contributed by atoms with E-state index in [0.717, 1.165) is 72.8 Å². The smallest absolute Gasteiger partial charge is 0.303 e.